The summed E-state index contributed by atoms with van der Waals surface area (Å²) < 4.78 is 0. The summed E-state index contributed by atoms with van der Waals surface area (Å²) in [6.07, 6.45) is 0. The van der Waals surface area contributed by atoms with Gasteiger partial charge in [0, 0.05) is 22.3 Å². The molecular weight excluding hydrogens is 478 g/mol. The molecule has 0 fully saturated rings. The fourth-order valence-corrected chi connectivity index (χ4v) is 4.51. The van der Waals surface area contributed by atoms with Crippen molar-refractivity contribution in [1.82, 2.24) is 9.97 Å². The molecular formula is C31H23N3O2S. The van der Waals surface area contributed by atoms with Crippen LogP contribution >= 0.6 is 11.8 Å². The van der Waals surface area contributed by atoms with E-state index in [4.69, 9.17) is 9.97 Å². The van der Waals surface area contributed by atoms with Gasteiger partial charge in [-0.1, -0.05) is 115 Å². The maximum Gasteiger partial charge on any atom is 0.234 e. The van der Waals surface area contributed by atoms with Gasteiger partial charge in [0.1, 0.15) is 0 Å². The van der Waals surface area contributed by atoms with Crippen LogP contribution in [0.25, 0.3) is 22.5 Å². The number of nitrogens with zero attached hydrogens (tertiary/aromatic N) is 2. The normalized spacial score (nSPS) is 10.6. The zero-order chi connectivity index (χ0) is 25.5. The first-order valence-corrected chi connectivity index (χ1v) is 12.8. The van der Waals surface area contributed by atoms with Gasteiger partial charge >= 0.3 is 0 Å². The lowest BCUT2D eigenvalue weighted by molar-refractivity contribution is -0.113. The minimum Gasteiger partial charge on any atom is -0.325 e. The highest BCUT2D eigenvalue weighted by Gasteiger charge is 2.16. The van der Waals surface area contributed by atoms with Crippen molar-refractivity contribution in [2.24, 2.45) is 0 Å². The van der Waals surface area contributed by atoms with Gasteiger partial charge in [-0.2, -0.15) is 0 Å². The third-order valence-electron chi connectivity index (χ3n) is 5.66. The molecule has 4 aromatic carbocycles. The second-order valence-electron chi connectivity index (χ2n) is 8.23. The van der Waals surface area contributed by atoms with E-state index in [9.17, 15) is 9.59 Å². The lowest BCUT2D eigenvalue weighted by Gasteiger charge is -2.11. The van der Waals surface area contributed by atoms with Crippen molar-refractivity contribution in [2.45, 2.75) is 5.16 Å². The predicted octanol–water partition coefficient (Wildman–Crippen LogP) is 6.77. The van der Waals surface area contributed by atoms with Gasteiger partial charge in [-0.25, -0.2) is 9.97 Å². The maximum atomic E-state index is 13.0. The molecule has 5 aromatic rings. The molecule has 5 nitrogen and oxygen atoms in total. The summed E-state index contributed by atoms with van der Waals surface area (Å²) in [7, 11) is 0. The highest BCUT2D eigenvalue weighted by molar-refractivity contribution is 7.99. The number of thioether (sulfide) groups is 1. The van der Waals surface area contributed by atoms with Crippen molar-refractivity contribution in [1.29, 1.82) is 0 Å². The Hall–Kier alpha value is -4.55. The number of benzene rings is 4. The third kappa shape index (κ3) is 6.00. The number of ketones is 1. The van der Waals surface area contributed by atoms with E-state index in [1.807, 2.05) is 84.9 Å². The molecule has 37 heavy (non-hydrogen) atoms. The van der Waals surface area contributed by atoms with E-state index >= 15 is 0 Å². The lowest BCUT2D eigenvalue weighted by atomic mass is 10.0. The maximum absolute atomic E-state index is 13.0. The van der Waals surface area contributed by atoms with E-state index < -0.39 is 0 Å². The molecule has 1 amide bonds. The Balaban J connectivity index is 1.35. The van der Waals surface area contributed by atoms with E-state index in [1.165, 1.54) is 11.8 Å². The molecule has 0 unspecified atom stereocenters. The van der Waals surface area contributed by atoms with Gasteiger partial charge in [0.15, 0.2) is 10.9 Å². The minimum absolute atomic E-state index is 0.0976. The first kappa shape index (κ1) is 24.2. The molecule has 5 rings (SSSR count). The van der Waals surface area contributed by atoms with Gasteiger partial charge in [0.25, 0.3) is 0 Å². The predicted molar refractivity (Wildman–Crippen MR) is 149 cm³/mol. The standard InChI is InChI=1S/C31H23N3O2S/c35-29(32-26-19-11-10-18-25(26)30(36)24-16-8-3-9-17-24)21-37-31-33-27(22-12-4-1-5-13-22)20-28(34-31)23-14-6-2-7-15-23/h1-20H,21H2,(H,32,35). The van der Waals surface area contributed by atoms with Crippen LogP contribution in [0.15, 0.2) is 126 Å². The van der Waals surface area contributed by atoms with Gasteiger partial charge < -0.3 is 5.32 Å². The summed E-state index contributed by atoms with van der Waals surface area (Å²) in [5, 5.41) is 3.39. The number of amides is 1. The average Bonchev–Trinajstić information content (AvgIpc) is 2.97. The highest BCUT2D eigenvalue weighted by atomic mass is 32.2. The van der Waals surface area contributed by atoms with Crippen LogP contribution in [0.3, 0.4) is 0 Å². The first-order valence-electron chi connectivity index (χ1n) is 11.8. The molecule has 0 bridgehead atoms. The molecule has 1 aromatic heterocycles. The molecule has 0 aliphatic rings. The number of rotatable bonds is 8. The van der Waals surface area contributed by atoms with E-state index in [2.05, 4.69) is 5.32 Å². The van der Waals surface area contributed by atoms with Gasteiger partial charge in [0.2, 0.25) is 5.91 Å². The minimum atomic E-state index is -0.242. The Labute approximate surface area is 219 Å². The SMILES string of the molecule is O=C(CSc1nc(-c2ccccc2)cc(-c2ccccc2)n1)Nc1ccccc1C(=O)c1ccccc1. The molecule has 0 saturated heterocycles. The second kappa shape index (κ2) is 11.5. The number of nitrogens with one attached hydrogen (secondary N) is 1. The Morgan fingerprint density at radius 1 is 0.649 bits per heavy atom. The molecule has 0 atom stereocenters. The Kier molecular flexibility index (Phi) is 7.48. The van der Waals surface area contributed by atoms with Crippen LogP contribution in [0, 0.1) is 0 Å². The van der Waals surface area contributed by atoms with Crippen molar-refractivity contribution < 1.29 is 9.59 Å². The average molecular weight is 502 g/mol. The third-order valence-corrected chi connectivity index (χ3v) is 6.51. The monoisotopic (exact) mass is 501 g/mol. The molecule has 6 heteroatoms. The van der Waals surface area contributed by atoms with Crippen LogP contribution in [0.2, 0.25) is 0 Å². The number of aromatic nitrogens is 2. The fraction of sp³-hybridized carbons (Fsp3) is 0.0323. The summed E-state index contributed by atoms with van der Waals surface area (Å²) in [4.78, 5) is 35.3. The molecule has 1 heterocycles. The zero-order valence-electron chi connectivity index (χ0n) is 19.9. The van der Waals surface area contributed by atoms with Crippen LogP contribution in [0.5, 0.6) is 0 Å². The van der Waals surface area contributed by atoms with Gasteiger partial charge in [0.05, 0.1) is 22.8 Å². The molecule has 180 valence electrons. The topological polar surface area (TPSA) is 72.0 Å². The number of para-hydroxylation sites is 1. The summed E-state index contributed by atoms with van der Waals surface area (Å²) in [6.45, 7) is 0. The summed E-state index contributed by atoms with van der Waals surface area (Å²) in [5.74, 6) is -0.288. The van der Waals surface area contributed by atoms with Crippen LogP contribution in [-0.4, -0.2) is 27.4 Å². The van der Waals surface area contributed by atoms with Crippen LogP contribution in [0.1, 0.15) is 15.9 Å². The van der Waals surface area contributed by atoms with Gasteiger partial charge in [-0.05, 0) is 18.2 Å². The van der Waals surface area contributed by atoms with Crippen LogP contribution < -0.4 is 5.32 Å². The van der Waals surface area contributed by atoms with E-state index in [-0.39, 0.29) is 17.4 Å². The number of carbonyl (C=O) groups excluding carboxylic acids is 2. The molecule has 0 radical (unpaired) electrons. The van der Waals surface area contributed by atoms with Crippen molar-refractivity contribution in [3.05, 3.63) is 132 Å². The van der Waals surface area contributed by atoms with Crippen LogP contribution in [-0.2, 0) is 4.79 Å². The molecule has 0 aliphatic carbocycles. The molecule has 0 spiro atoms. The number of hydrogen-bond acceptors (Lipinski definition) is 5. The summed E-state index contributed by atoms with van der Waals surface area (Å²) >= 11 is 1.26. The zero-order valence-corrected chi connectivity index (χ0v) is 20.7. The van der Waals surface area contributed by atoms with Gasteiger partial charge in [-0.3, -0.25) is 9.59 Å². The van der Waals surface area contributed by atoms with Crippen molar-refractivity contribution in [3.63, 3.8) is 0 Å². The van der Waals surface area contributed by atoms with Crippen molar-refractivity contribution in [2.75, 3.05) is 11.1 Å². The first-order chi connectivity index (χ1) is 18.2. The molecule has 1 N–H and O–H groups in total. The summed E-state index contributed by atoms with van der Waals surface area (Å²) in [5.41, 5.74) is 5.01. The summed E-state index contributed by atoms with van der Waals surface area (Å²) in [6, 6.07) is 37.8. The highest BCUT2D eigenvalue weighted by Crippen LogP contribution is 2.27. The number of hydrogen-bond donors (Lipinski definition) is 1. The van der Waals surface area contributed by atoms with Crippen molar-refractivity contribution >= 4 is 29.1 Å². The van der Waals surface area contributed by atoms with E-state index in [1.54, 1.807) is 36.4 Å². The lowest BCUT2D eigenvalue weighted by Crippen LogP contribution is -2.17. The van der Waals surface area contributed by atoms with E-state index in [0.29, 0.717) is 22.0 Å². The van der Waals surface area contributed by atoms with Gasteiger partial charge in [-0.15, -0.1) is 0 Å². The quantitative estimate of drug-likeness (QED) is 0.144. The number of anilines is 1. The molecule has 0 aliphatic heterocycles. The smallest absolute Gasteiger partial charge is 0.234 e. The largest absolute Gasteiger partial charge is 0.325 e. The molecule has 0 saturated carbocycles. The van der Waals surface area contributed by atoms with Crippen LogP contribution in [0.4, 0.5) is 5.69 Å². The fourth-order valence-electron chi connectivity index (χ4n) is 3.85. The number of carbonyl (C=O) groups is 2. The Bertz CT molecular complexity index is 1470. The second-order valence-corrected chi connectivity index (χ2v) is 9.17. The van der Waals surface area contributed by atoms with Crippen molar-refractivity contribution in [3.8, 4) is 22.5 Å². The van der Waals surface area contributed by atoms with E-state index in [0.717, 1.165) is 22.5 Å². The Morgan fingerprint density at radius 3 is 1.76 bits per heavy atom. The Morgan fingerprint density at radius 2 is 1.16 bits per heavy atom.